The third-order valence-electron chi connectivity index (χ3n) is 6.93. The highest BCUT2D eigenvalue weighted by Crippen LogP contribution is 2.47. The Labute approximate surface area is 188 Å². The SMILES string of the molecule is Cn1cc(C2CCC3(CC2)CO3)c(OCc2ccc(-c3ccc4ccccc4n3)cc2)n1. The van der Waals surface area contributed by atoms with Crippen molar-refractivity contribution in [1.82, 2.24) is 14.8 Å². The second kappa shape index (κ2) is 7.75. The molecule has 0 atom stereocenters. The first-order valence-electron chi connectivity index (χ1n) is 11.4. The van der Waals surface area contributed by atoms with Crippen LogP contribution in [0.2, 0.25) is 0 Å². The van der Waals surface area contributed by atoms with Crippen LogP contribution in [0.15, 0.2) is 66.9 Å². The molecule has 2 aliphatic rings. The summed E-state index contributed by atoms with van der Waals surface area (Å²) in [5, 5.41) is 5.76. The van der Waals surface area contributed by atoms with E-state index in [1.165, 1.54) is 5.56 Å². The van der Waals surface area contributed by atoms with E-state index in [4.69, 9.17) is 14.5 Å². The quantitative estimate of drug-likeness (QED) is 0.388. The highest BCUT2D eigenvalue weighted by Gasteiger charge is 2.47. The van der Waals surface area contributed by atoms with E-state index in [-0.39, 0.29) is 5.60 Å². The van der Waals surface area contributed by atoms with Crippen LogP contribution in [0.3, 0.4) is 0 Å². The molecule has 0 unspecified atom stereocenters. The van der Waals surface area contributed by atoms with E-state index in [0.29, 0.717) is 12.5 Å². The maximum atomic E-state index is 6.19. The molecule has 32 heavy (non-hydrogen) atoms. The first kappa shape index (κ1) is 19.5. The highest BCUT2D eigenvalue weighted by atomic mass is 16.6. The summed E-state index contributed by atoms with van der Waals surface area (Å²) in [4.78, 5) is 4.80. The Balaban J connectivity index is 1.14. The summed E-state index contributed by atoms with van der Waals surface area (Å²) in [6.45, 7) is 1.45. The van der Waals surface area contributed by atoms with Crippen LogP contribution in [0.5, 0.6) is 5.88 Å². The van der Waals surface area contributed by atoms with Gasteiger partial charge in [-0.15, -0.1) is 5.10 Å². The van der Waals surface area contributed by atoms with E-state index < -0.39 is 0 Å². The number of epoxide rings is 1. The lowest BCUT2D eigenvalue weighted by Gasteiger charge is -2.26. The molecule has 2 fully saturated rings. The van der Waals surface area contributed by atoms with Gasteiger partial charge in [0.2, 0.25) is 5.88 Å². The minimum atomic E-state index is 0.210. The van der Waals surface area contributed by atoms with E-state index >= 15 is 0 Å². The molecule has 4 aromatic rings. The van der Waals surface area contributed by atoms with Crippen molar-refractivity contribution in [2.24, 2.45) is 7.05 Å². The van der Waals surface area contributed by atoms with Crippen molar-refractivity contribution in [2.45, 2.75) is 43.8 Å². The summed E-state index contributed by atoms with van der Waals surface area (Å²) >= 11 is 0. The Morgan fingerprint density at radius 2 is 1.81 bits per heavy atom. The summed E-state index contributed by atoms with van der Waals surface area (Å²) in [6, 6.07) is 20.9. The van der Waals surface area contributed by atoms with Crippen LogP contribution in [0.1, 0.15) is 42.7 Å². The Morgan fingerprint density at radius 1 is 1.03 bits per heavy atom. The van der Waals surface area contributed by atoms with Crippen LogP contribution in [-0.4, -0.2) is 27.0 Å². The van der Waals surface area contributed by atoms with Gasteiger partial charge in [0, 0.05) is 29.8 Å². The summed E-state index contributed by atoms with van der Waals surface area (Å²) < 4.78 is 13.7. The number of para-hydroxylation sites is 1. The maximum absolute atomic E-state index is 6.19. The number of aryl methyl sites for hydroxylation is 1. The van der Waals surface area contributed by atoms with Crippen LogP contribution in [0, 0.1) is 0 Å². The van der Waals surface area contributed by atoms with Crippen molar-refractivity contribution in [3.8, 4) is 17.1 Å². The number of fused-ring (bicyclic) bond motifs is 1. The van der Waals surface area contributed by atoms with Gasteiger partial charge in [0.15, 0.2) is 0 Å². The van der Waals surface area contributed by atoms with Gasteiger partial charge in [0.25, 0.3) is 0 Å². The van der Waals surface area contributed by atoms with E-state index in [9.17, 15) is 0 Å². The number of pyridine rings is 1. The molecule has 0 amide bonds. The van der Waals surface area contributed by atoms with Crippen LogP contribution in [-0.2, 0) is 18.4 Å². The monoisotopic (exact) mass is 425 g/mol. The van der Waals surface area contributed by atoms with Crippen molar-refractivity contribution in [3.63, 3.8) is 0 Å². The summed E-state index contributed by atoms with van der Waals surface area (Å²) in [7, 11) is 1.97. The normalized spacial score (nSPS) is 22.3. The van der Waals surface area contributed by atoms with Gasteiger partial charge in [-0.2, -0.15) is 0 Å². The predicted molar refractivity (Wildman–Crippen MR) is 125 cm³/mol. The fourth-order valence-electron chi connectivity index (χ4n) is 4.87. The Bertz CT molecular complexity index is 1250. The molecule has 1 saturated heterocycles. The second-order valence-electron chi connectivity index (χ2n) is 9.18. The maximum Gasteiger partial charge on any atom is 0.236 e. The van der Waals surface area contributed by atoms with Crippen molar-refractivity contribution in [2.75, 3.05) is 6.61 Å². The topological polar surface area (TPSA) is 52.5 Å². The van der Waals surface area contributed by atoms with E-state index in [2.05, 4.69) is 59.8 Å². The van der Waals surface area contributed by atoms with Gasteiger partial charge in [-0.3, -0.25) is 4.68 Å². The smallest absolute Gasteiger partial charge is 0.236 e. The van der Waals surface area contributed by atoms with Gasteiger partial charge in [0.1, 0.15) is 6.61 Å². The number of hydrogen-bond donors (Lipinski definition) is 0. The van der Waals surface area contributed by atoms with Gasteiger partial charge >= 0.3 is 0 Å². The first-order chi connectivity index (χ1) is 15.7. The molecule has 5 heteroatoms. The van der Waals surface area contributed by atoms with Crippen molar-refractivity contribution in [1.29, 1.82) is 0 Å². The lowest BCUT2D eigenvalue weighted by Crippen LogP contribution is -2.20. The molecule has 1 spiro atoms. The highest BCUT2D eigenvalue weighted by molar-refractivity contribution is 5.81. The largest absolute Gasteiger partial charge is 0.472 e. The number of benzene rings is 2. The number of ether oxygens (including phenoxy) is 2. The lowest BCUT2D eigenvalue weighted by molar-refractivity contribution is 0.219. The van der Waals surface area contributed by atoms with Crippen molar-refractivity contribution in [3.05, 3.63) is 78.0 Å². The van der Waals surface area contributed by atoms with E-state index in [0.717, 1.165) is 65.9 Å². The Kier molecular flexibility index (Phi) is 4.72. The van der Waals surface area contributed by atoms with Gasteiger partial charge in [-0.1, -0.05) is 48.5 Å². The summed E-state index contributed by atoms with van der Waals surface area (Å²) in [5.74, 6) is 1.28. The molecule has 1 saturated carbocycles. The van der Waals surface area contributed by atoms with Crippen molar-refractivity contribution < 1.29 is 9.47 Å². The molecule has 3 heterocycles. The molecule has 2 aromatic carbocycles. The molecule has 5 nitrogen and oxygen atoms in total. The van der Waals surface area contributed by atoms with Crippen LogP contribution in [0.25, 0.3) is 22.2 Å². The Hall–Kier alpha value is -3.18. The lowest BCUT2D eigenvalue weighted by atomic mass is 9.79. The summed E-state index contributed by atoms with van der Waals surface area (Å²) in [5.41, 5.74) is 5.68. The average Bonchev–Trinajstić information content (AvgIpc) is 3.48. The minimum absolute atomic E-state index is 0.210. The zero-order valence-corrected chi connectivity index (χ0v) is 18.3. The fourth-order valence-corrected chi connectivity index (χ4v) is 4.87. The van der Waals surface area contributed by atoms with Gasteiger partial charge in [-0.25, -0.2) is 4.98 Å². The van der Waals surface area contributed by atoms with Gasteiger partial charge in [0.05, 0.1) is 23.4 Å². The minimum Gasteiger partial charge on any atom is -0.472 e. The van der Waals surface area contributed by atoms with Gasteiger partial charge in [-0.05, 0) is 49.3 Å². The third kappa shape index (κ3) is 3.78. The predicted octanol–water partition coefficient (Wildman–Crippen LogP) is 5.64. The van der Waals surface area contributed by atoms with Crippen LogP contribution < -0.4 is 4.74 Å². The molecule has 0 N–H and O–H groups in total. The molecular formula is C27H27N3O2. The number of nitrogens with zero attached hydrogens (tertiary/aromatic N) is 3. The zero-order valence-electron chi connectivity index (χ0n) is 18.3. The van der Waals surface area contributed by atoms with E-state index in [1.54, 1.807) is 0 Å². The molecule has 162 valence electrons. The van der Waals surface area contributed by atoms with Gasteiger partial charge < -0.3 is 9.47 Å². The molecule has 6 rings (SSSR count). The number of hydrogen-bond acceptors (Lipinski definition) is 4. The second-order valence-corrected chi connectivity index (χ2v) is 9.18. The fraction of sp³-hybridized carbons (Fsp3) is 0.333. The van der Waals surface area contributed by atoms with Crippen molar-refractivity contribution >= 4 is 10.9 Å². The zero-order chi connectivity index (χ0) is 21.5. The summed E-state index contributed by atoms with van der Waals surface area (Å²) in [6.07, 6.45) is 6.72. The average molecular weight is 426 g/mol. The number of aromatic nitrogens is 3. The van der Waals surface area contributed by atoms with Crippen LogP contribution >= 0.6 is 0 Å². The third-order valence-corrected chi connectivity index (χ3v) is 6.93. The molecule has 1 aliphatic heterocycles. The molecule has 2 aromatic heterocycles. The Morgan fingerprint density at radius 3 is 2.59 bits per heavy atom. The molecular weight excluding hydrogens is 398 g/mol. The van der Waals surface area contributed by atoms with E-state index in [1.807, 2.05) is 23.9 Å². The molecule has 0 bridgehead atoms. The first-order valence-corrected chi connectivity index (χ1v) is 11.4. The molecule has 1 aliphatic carbocycles. The molecule has 0 radical (unpaired) electrons. The van der Waals surface area contributed by atoms with Crippen LogP contribution in [0.4, 0.5) is 0 Å². The standard InChI is InChI=1S/C27H27N3O2/c1-30-16-23(20-12-14-27(15-13-20)18-32-27)26(29-30)31-17-19-6-8-22(9-7-19)25-11-10-21-4-2-3-5-24(21)28-25/h2-11,16,20H,12-15,17-18H2,1H3. The number of rotatable bonds is 5.